The lowest BCUT2D eigenvalue weighted by atomic mass is 10.1. The van der Waals surface area contributed by atoms with Gasteiger partial charge in [0.25, 0.3) is 10.0 Å². The summed E-state index contributed by atoms with van der Waals surface area (Å²) in [7, 11) is -3.83. The van der Waals surface area contributed by atoms with Crippen molar-refractivity contribution in [2.24, 2.45) is 11.7 Å². The van der Waals surface area contributed by atoms with E-state index in [-0.39, 0.29) is 10.9 Å². The molecular formula is C11H20N4O3S. The molecular weight excluding hydrogens is 268 g/mol. The van der Waals surface area contributed by atoms with Crippen LogP contribution in [0.4, 0.5) is 0 Å². The lowest BCUT2D eigenvalue weighted by Crippen LogP contribution is -2.47. The lowest BCUT2D eigenvalue weighted by molar-refractivity contribution is -0.120. The van der Waals surface area contributed by atoms with E-state index in [2.05, 4.69) is 9.71 Å². The summed E-state index contributed by atoms with van der Waals surface area (Å²) in [5, 5.41) is -0.104. The molecule has 1 aromatic rings. The Labute approximate surface area is 113 Å². The molecule has 3 N–H and O–H groups in total. The fraction of sp³-hybridized carbons (Fsp3) is 0.636. The van der Waals surface area contributed by atoms with Crippen LogP contribution in [-0.4, -0.2) is 29.9 Å². The van der Waals surface area contributed by atoms with Crippen molar-refractivity contribution in [2.75, 3.05) is 0 Å². The predicted molar refractivity (Wildman–Crippen MR) is 70.7 cm³/mol. The van der Waals surface area contributed by atoms with Gasteiger partial charge in [-0.2, -0.15) is 4.72 Å². The molecule has 108 valence electrons. The first-order valence-electron chi connectivity index (χ1n) is 6.11. The van der Waals surface area contributed by atoms with Crippen LogP contribution in [0.2, 0.25) is 0 Å². The summed E-state index contributed by atoms with van der Waals surface area (Å²) in [6.45, 7) is 6.10. The highest BCUT2D eigenvalue weighted by atomic mass is 32.2. The Morgan fingerprint density at radius 2 is 2.16 bits per heavy atom. The van der Waals surface area contributed by atoms with Gasteiger partial charge in [0.2, 0.25) is 5.91 Å². The minimum atomic E-state index is -3.83. The number of sulfonamides is 1. The average Bonchev–Trinajstić information content (AvgIpc) is 2.75. The van der Waals surface area contributed by atoms with Gasteiger partial charge in [-0.25, -0.2) is 13.4 Å². The molecule has 0 saturated heterocycles. The van der Waals surface area contributed by atoms with E-state index in [0.717, 1.165) is 6.42 Å². The van der Waals surface area contributed by atoms with Crippen molar-refractivity contribution in [3.8, 4) is 0 Å². The predicted octanol–water partition coefficient (Wildman–Crippen LogP) is 0.0813. The van der Waals surface area contributed by atoms with Crippen molar-refractivity contribution in [1.82, 2.24) is 14.3 Å². The number of imidazole rings is 1. The quantitative estimate of drug-likeness (QED) is 0.741. The summed E-state index contributed by atoms with van der Waals surface area (Å²) in [5.74, 6) is -0.934. The molecule has 7 nitrogen and oxygen atoms in total. The van der Waals surface area contributed by atoms with Crippen LogP contribution < -0.4 is 10.5 Å². The number of nitrogens with two attached hydrogens (primary N) is 1. The van der Waals surface area contributed by atoms with Gasteiger partial charge in [0.1, 0.15) is 6.04 Å². The van der Waals surface area contributed by atoms with Crippen LogP contribution in [0.5, 0.6) is 0 Å². The minimum absolute atomic E-state index is 0.104. The van der Waals surface area contributed by atoms with Gasteiger partial charge >= 0.3 is 0 Å². The van der Waals surface area contributed by atoms with Gasteiger partial charge in [0.15, 0.2) is 5.03 Å². The van der Waals surface area contributed by atoms with Crippen molar-refractivity contribution in [3.05, 3.63) is 12.5 Å². The molecule has 0 spiro atoms. The number of nitrogens with zero attached hydrogens (tertiary/aromatic N) is 2. The number of carbonyl (C=O) groups excluding carboxylic acids is 1. The van der Waals surface area contributed by atoms with Gasteiger partial charge in [-0.3, -0.25) is 4.79 Å². The van der Waals surface area contributed by atoms with Crippen LogP contribution in [-0.2, 0) is 21.4 Å². The Morgan fingerprint density at radius 3 is 2.63 bits per heavy atom. The second-order valence-electron chi connectivity index (χ2n) is 4.70. The molecule has 0 fully saturated rings. The average molecular weight is 288 g/mol. The first kappa shape index (κ1) is 15.6. The number of carbonyl (C=O) groups is 1. The lowest BCUT2D eigenvalue weighted by Gasteiger charge is -2.17. The summed E-state index contributed by atoms with van der Waals surface area (Å²) >= 11 is 0. The summed E-state index contributed by atoms with van der Waals surface area (Å²) in [4.78, 5) is 15.1. The van der Waals surface area contributed by atoms with E-state index in [1.807, 2.05) is 6.92 Å². The van der Waals surface area contributed by atoms with E-state index < -0.39 is 22.0 Å². The highest BCUT2D eigenvalue weighted by molar-refractivity contribution is 7.89. The molecule has 0 saturated carbocycles. The monoisotopic (exact) mass is 288 g/mol. The maximum Gasteiger partial charge on any atom is 0.260 e. The fourth-order valence-electron chi connectivity index (χ4n) is 1.61. The molecule has 0 aliphatic rings. The van der Waals surface area contributed by atoms with Crippen molar-refractivity contribution in [2.45, 2.75) is 44.8 Å². The Balaban J connectivity index is 2.93. The van der Waals surface area contributed by atoms with Gasteiger partial charge in [-0.05, 0) is 12.3 Å². The normalized spacial score (nSPS) is 13.7. The largest absolute Gasteiger partial charge is 0.368 e. The SMILES string of the molecule is CCCn1cnc(S(=O)(=O)N[C@H](C(N)=O)C(C)C)c1. The van der Waals surface area contributed by atoms with Crippen molar-refractivity contribution >= 4 is 15.9 Å². The molecule has 1 rings (SSSR count). The standard InChI is InChI=1S/C11H20N4O3S/c1-4-5-15-6-9(13-7-15)19(17,18)14-10(8(2)3)11(12)16/h6-8,10,14H,4-5H2,1-3H3,(H2,12,16)/t10-/m0/s1. The highest BCUT2D eigenvalue weighted by Crippen LogP contribution is 2.10. The maximum atomic E-state index is 12.1. The van der Waals surface area contributed by atoms with Gasteiger partial charge in [0, 0.05) is 12.7 Å². The van der Waals surface area contributed by atoms with Crippen molar-refractivity contribution in [1.29, 1.82) is 0 Å². The molecule has 0 aliphatic carbocycles. The van der Waals surface area contributed by atoms with Crippen molar-refractivity contribution in [3.63, 3.8) is 0 Å². The van der Waals surface area contributed by atoms with Gasteiger partial charge in [0.05, 0.1) is 6.33 Å². The molecule has 8 heteroatoms. The summed E-state index contributed by atoms with van der Waals surface area (Å²) in [6.07, 6.45) is 3.76. The van der Waals surface area contributed by atoms with E-state index in [4.69, 9.17) is 5.73 Å². The minimum Gasteiger partial charge on any atom is -0.368 e. The zero-order valence-electron chi connectivity index (χ0n) is 11.3. The Bertz CT molecular complexity index is 536. The molecule has 0 bridgehead atoms. The number of rotatable bonds is 7. The zero-order valence-corrected chi connectivity index (χ0v) is 12.1. The smallest absolute Gasteiger partial charge is 0.260 e. The second-order valence-corrected chi connectivity index (χ2v) is 6.36. The summed E-state index contributed by atoms with van der Waals surface area (Å²) < 4.78 is 28.1. The molecule has 0 radical (unpaired) electrons. The molecule has 1 aromatic heterocycles. The van der Waals surface area contributed by atoms with E-state index in [0.29, 0.717) is 6.54 Å². The number of amides is 1. The van der Waals surface area contributed by atoms with Crippen LogP contribution in [0, 0.1) is 5.92 Å². The summed E-state index contributed by atoms with van der Waals surface area (Å²) in [6, 6.07) is -0.943. The first-order valence-corrected chi connectivity index (χ1v) is 7.59. The molecule has 1 amide bonds. The topological polar surface area (TPSA) is 107 Å². The van der Waals surface area contributed by atoms with Crippen LogP contribution in [0.15, 0.2) is 17.6 Å². The third kappa shape index (κ3) is 4.03. The number of hydrogen-bond acceptors (Lipinski definition) is 4. The third-order valence-corrected chi connectivity index (χ3v) is 3.95. The Kier molecular flexibility index (Phi) is 5.07. The second kappa shape index (κ2) is 6.16. The number of hydrogen-bond donors (Lipinski definition) is 2. The Morgan fingerprint density at radius 1 is 1.53 bits per heavy atom. The summed E-state index contributed by atoms with van der Waals surface area (Å²) in [5.41, 5.74) is 5.18. The van der Waals surface area contributed by atoms with Crippen LogP contribution in [0.3, 0.4) is 0 Å². The molecule has 0 aromatic carbocycles. The van der Waals surface area contributed by atoms with Gasteiger partial charge in [-0.1, -0.05) is 20.8 Å². The van der Waals surface area contributed by atoms with E-state index >= 15 is 0 Å². The van der Waals surface area contributed by atoms with Crippen LogP contribution in [0.1, 0.15) is 27.2 Å². The molecule has 0 unspecified atom stereocenters. The third-order valence-electron chi connectivity index (χ3n) is 2.62. The first-order chi connectivity index (χ1) is 8.77. The Hall–Kier alpha value is -1.41. The molecule has 19 heavy (non-hydrogen) atoms. The van der Waals surface area contributed by atoms with Gasteiger partial charge < -0.3 is 10.3 Å². The van der Waals surface area contributed by atoms with Crippen LogP contribution in [0.25, 0.3) is 0 Å². The van der Waals surface area contributed by atoms with Gasteiger partial charge in [-0.15, -0.1) is 0 Å². The van der Waals surface area contributed by atoms with Crippen LogP contribution >= 0.6 is 0 Å². The van der Waals surface area contributed by atoms with E-state index in [9.17, 15) is 13.2 Å². The number of nitrogens with one attached hydrogen (secondary N) is 1. The molecule has 1 atom stereocenters. The van der Waals surface area contributed by atoms with Crippen molar-refractivity contribution < 1.29 is 13.2 Å². The molecule has 0 aliphatic heterocycles. The highest BCUT2D eigenvalue weighted by Gasteiger charge is 2.27. The number of aryl methyl sites for hydroxylation is 1. The zero-order chi connectivity index (χ0) is 14.6. The number of aromatic nitrogens is 2. The maximum absolute atomic E-state index is 12.1. The molecule has 1 heterocycles. The number of primary amides is 1. The van der Waals surface area contributed by atoms with E-state index in [1.54, 1.807) is 18.4 Å². The fourth-order valence-corrected chi connectivity index (χ4v) is 2.91. The van der Waals surface area contributed by atoms with E-state index in [1.165, 1.54) is 12.5 Å².